The van der Waals surface area contributed by atoms with Crippen molar-refractivity contribution in [2.24, 2.45) is 5.73 Å². The van der Waals surface area contributed by atoms with Crippen LogP contribution in [0, 0.1) is 0 Å². The van der Waals surface area contributed by atoms with Crippen LogP contribution in [0.25, 0.3) is 21.8 Å². The van der Waals surface area contributed by atoms with E-state index >= 15 is 0 Å². The molecule has 2 atom stereocenters. The smallest absolute Gasteiger partial charge is 0.223 e. The van der Waals surface area contributed by atoms with Gasteiger partial charge in [-0.3, -0.25) is 0 Å². The minimum absolute atomic E-state index is 0.194. The molecule has 8 nitrogen and oxygen atoms in total. The van der Waals surface area contributed by atoms with Gasteiger partial charge in [0.2, 0.25) is 5.95 Å². The van der Waals surface area contributed by atoms with Crippen LogP contribution >= 0.6 is 47.8 Å². The van der Waals surface area contributed by atoms with Gasteiger partial charge >= 0.3 is 0 Å². The number of nitrogens with two attached hydrogens (primary N) is 1. The number of fused-ring (bicyclic) bond motifs is 6. The number of aromatic nitrogens is 6. The Morgan fingerprint density at radius 3 is 1.81 bits per heavy atom. The van der Waals surface area contributed by atoms with Crippen LogP contribution in [0.1, 0.15) is 60.3 Å². The first-order valence-corrected chi connectivity index (χ1v) is 16.7. The molecule has 0 spiro atoms. The highest BCUT2D eigenvalue weighted by atomic mass is 79.9. The van der Waals surface area contributed by atoms with Crippen molar-refractivity contribution in [1.29, 1.82) is 0 Å². The third-order valence-electron chi connectivity index (χ3n) is 7.79. The maximum absolute atomic E-state index is 6.11. The quantitative estimate of drug-likeness (QED) is 0.131. The molecule has 0 bridgehead atoms. The lowest BCUT2D eigenvalue weighted by Crippen LogP contribution is -2.18. The van der Waals surface area contributed by atoms with E-state index in [0.717, 1.165) is 34.6 Å². The second-order valence-electron chi connectivity index (χ2n) is 10.6. The van der Waals surface area contributed by atoms with Crippen molar-refractivity contribution in [3.8, 4) is 0 Å². The molecule has 11 heteroatoms. The number of aromatic amines is 2. The number of aryl methyl sites for hydroxylation is 2. The highest BCUT2D eigenvalue weighted by Crippen LogP contribution is 2.37. The lowest BCUT2D eigenvalue weighted by molar-refractivity contribution is 0.562. The molecule has 4 aromatic heterocycles. The minimum atomic E-state index is 0.194. The first-order valence-electron chi connectivity index (χ1n) is 14.3. The molecule has 2 aliphatic carbocycles. The summed E-state index contributed by atoms with van der Waals surface area (Å²) in [6.07, 6.45) is 13.7. The van der Waals surface area contributed by atoms with Gasteiger partial charge in [-0.05, 0) is 114 Å². The largest absolute Gasteiger partial charge is 0.357 e. The zero-order valence-electron chi connectivity index (χ0n) is 23.3. The van der Waals surface area contributed by atoms with Crippen molar-refractivity contribution < 1.29 is 0 Å². The van der Waals surface area contributed by atoms with Gasteiger partial charge in [-0.2, -0.15) is 0 Å². The SMILES string of the molecule is Brc1ccc2[nH]c3c(c2c1)CCCC3Nc1ncccn1.Brc1ncccn1.NC1CCCc2c1[nH]c1ccc(Br)cc21. The molecule has 2 unspecified atom stereocenters. The molecule has 2 aliphatic rings. The Balaban J connectivity index is 0.000000130. The number of halogens is 3. The van der Waals surface area contributed by atoms with Crippen molar-refractivity contribution in [1.82, 2.24) is 29.9 Å². The van der Waals surface area contributed by atoms with E-state index in [1.807, 2.05) is 6.07 Å². The topological polar surface area (TPSA) is 121 Å². The van der Waals surface area contributed by atoms with Gasteiger partial charge in [0.15, 0.2) is 4.73 Å². The Morgan fingerprint density at radius 2 is 1.23 bits per heavy atom. The number of rotatable bonds is 2. The highest BCUT2D eigenvalue weighted by Gasteiger charge is 2.25. The Morgan fingerprint density at radius 1 is 0.698 bits per heavy atom. The monoisotopic (exact) mass is 764 g/mol. The Labute approximate surface area is 275 Å². The van der Waals surface area contributed by atoms with Gasteiger partial charge in [0, 0.05) is 73.0 Å². The molecule has 0 saturated heterocycles. The molecule has 0 fully saturated rings. The maximum Gasteiger partial charge on any atom is 0.223 e. The molecule has 5 N–H and O–H groups in total. The Kier molecular flexibility index (Phi) is 9.52. The number of nitrogens with zero attached hydrogens (tertiary/aromatic N) is 4. The summed E-state index contributed by atoms with van der Waals surface area (Å²) in [5, 5.41) is 6.09. The fourth-order valence-corrected chi connectivity index (χ4v) is 6.82. The van der Waals surface area contributed by atoms with Crippen molar-refractivity contribution in [3.05, 3.63) is 110 Å². The van der Waals surface area contributed by atoms with Crippen LogP contribution in [0.2, 0.25) is 0 Å². The molecule has 8 rings (SSSR count). The summed E-state index contributed by atoms with van der Waals surface area (Å²) in [5.41, 5.74) is 13.9. The van der Waals surface area contributed by atoms with E-state index in [1.165, 1.54) is 57.2 Å². The van der Waals surface area contributed by atoms with Gasteiger partial charge < -0.3 is 21.0 Å². The molecular formula is C32H31Br3N8. The number of H-pyrrole nitrogens is 2. The lowest BCUT2D eigenvalue weighted by Gasteiger charge is -2.23. The number of hydrogen-bond donors (Lipinski definition) is 4. The third kappa shape index (κ3) is 7.01. The van der Waals surface area contributed by atoms with Gasteiger partial charge in [0.05, 0.1) is 6.04 Å². The second-order valence-corrected chi connectivity index (χ2v) is 13.1. The van der Waals surface area contributed by atoms with Gasteiger partial charge in [0.1, 0.15) is 0 Å². The van der Waals surface area contributed by atoms with Crippen LogP contribution in [0.3, 0.4) is 0 Å². The van der Waals surface area contributed by atoms with E-state index < -0.39 is 0 Å². The normalized spacial score (nSPS) is 17.2. The van der Waals surface area contributed by atoms with Crippen molar-refractivity contribution in [2.45, 2.75) is 50.6 Å². The van der Waals surface area contributed by atoms with Crippen molar-refractivity contribution >= 4 is 75.5 Å². The average Bonchev–Trinajstić information content (AvgIpc) is 3.58. The number of hydrogen-bond acceptors (Lipinski definition) is 6. The zero-order valence-corrected chi connectivity index (χ0v) is 28.1. The van der Waals surface area contributed by atoms with Gasteiger partial charge in [-0.1, -0.05) is 31.9 Å². The standard InChI is InChI=1S/C16H15BrN4.C12H13BrN2.C4H3BrN2/c17-10-5-6-13-12(9-10)11-3-1-4-14(15(11)20-13)21-16-18-7-2-8-19-16;13-7-4-5-11-9(6-7)8-2-1-3-10(14)12(8)15-11;5-4-6-2-1-3-7-4/h2,5-9,14,20H,1,3-4H2,(H,18,19,21);4-6,10,15H,1-3,14H2;1-3H. The van der Waals surface area contributed by atoms with E-state index in [1.54, 1.807) is 30.9 Å². The Hall–Kier alpha value is -3.12. The van der Waals surface area contributed by atoms with Crippen LogP contribution in [0.5, 0.6) is 0 Å². The molecule has 6 aromatic rings. The van der Waals surface area contributed by atoms with Crippen LogP contribution in [0.4, 0.5) is 5.95 Å². The predicted octanol–water partition coefficient (Wildman–Crippen LogP) is 8.72. The van der Waals surface area contributed by atoms with Gasteiger partial charge in [-0.15, -0.1) is 0 Å². The zero-order chi connectivity index (χ0) is 29.8. The third-order valence-corrected chi connectivity index (χ3v) is 9.18. The first kappa shape index (κ1) is 29.9. The summed E-state index contributed by atoms with van der Waals surface area (Å²) < 4.78 is 2.89. The number of benzene rings is 2. The summed E-state index contributed by atoms with van der Waals surface area (Å²) in [7, 11) is 0. The molecular weight excluding hydrogens is 736 g/mol. The summed E-state index contributed by atoms with van der Waals surface area (Å²) in [6, 6.07) is 16.8. The first-order chi connectivity index (χ1) is 21.0. The fourth-order valence-electron chi connectivity index (χ4n) is 5.86. The molecule has 2 aromatic carbocycles. The van der Waals surface area contributed by atoms with Crippen LogP contribution in [-0.2, 0) is 12.8 Å². The minimum Gasteiger partial charge on any atom is -0.357 e. The van der Waals surface area contributed by atoms with Crippen LogP contribution in [-0.4, -0.2) is 29.9 Å². The van der Waals surface area contributed by atoms with Crippen molar-refractivity contribution in [2.75, 3.05) is 5.32 Å². The number of nitrogens with one attached hydrogen (secondary N) is 3. The maximum atomic E-state index is 6.11. The Bertz CT molecular complexity index is 1820. The van der Waals surface area contributed by atoms with E-state index in [9.17, 15) is 0 Å². The highest BCUT2D eigenvalue weighted by molar-refractivity contribution is 9.11. The van der Waals surface area contributed by atoms with Crippen LogP contribution in [0.15, 0.2) is 87.0 Å². The molecule has 0 radical (unpaired) electrons. The van der Waals surface area contributed by atoms with E-state index in [-0.39, 0.29) is 12.1 Å². The van der Waals surface area contributed by atoms with E-state index in [0.29, 0.717) is 10.7 Å². The second kappa shape index (κ2) is 13.7. The van der Waals surface area contributed by atoms with Gasteiger partial charge in [-0.25, -0.2) is 19.9 Å². The molecule has 220 valence electrons. The van der Waals surface area contributed by atoms with E-state index in [2.05, 4.69) is 119 Å². The summed E-state index contributed by atoms with van der Waals surface area (Å²) >= 11 is 10.2. The number of anilines is 1. The molecule has 0 amide bonds. The summed E-state index contributed by atoms with van der Waals surface area (Å²) in [6.45, 7) is 0. The molecule has 0 saturated carbocycles. The fraction of sp³-hybridized carbons (Fsp3) is 0.250. The average molecular weight is 767 g/mol. The molecule has 43 heavy (non-hydrogen) atoms. The predicted molar refractivity (Wildman–Crippen MR) is 183 cm³/mol. The van der Waals surface area contributed by atoms with Crippen LogP contribution < -0.4 is 11.1 Å². The van der Waals surface area contributed by atoms with Gasteiger partial charge in [0.25, 0.3) is 0 Å². The summed E-state index contributed by atoms with van der Waals surface area (Å²) in [4.78, 5) is 23.1. The lowest BCUT2D eigenvalue weighted by atomic mass is 9.92. The summed E-state index contributed by atoms with van der Waals surface area (Å²) in [5.74, 6) is 0.690. The van der Waals surface area contributed by atoms with Crippen molar-refractivity contribution in [3.63, 3.8) is 0 Å². The van der Waals surface area contributed by atoms with E-state index in [4.69, 9.17) is 5.73 Å². The molecule has 4 heterocycles. The molecule has 0 aliphatic heterocycles.